The molecule has 2 N–H and O–H groups in total. The van der Waals surface area contributed by atoms with Gasteiger partial charge in [0, 0.05) is 18.1 Å². The molecule has 0 unspecified atom stereocenters. The number of pyridine rings is 1. The Morgan fingerprint density at radius 3 is 2.50 bits per heavy atom. The third kappa shape index (κ3) is 3.31. The Hall–Kier alpha value is -1.14. The smallest absolute Gasteiger partial charge is 0.283 e. The summed E-state index contributed by atoms with van der Waals surface area (Å²) in [6.07, 6.45) is 3.04. The fraction of sp³-hybridized carbons (Fsp3) is 0.167. The Kier molecular flexibility index (Phi) is 2.61. The number of aromatic nitrogens is 1. The zero-order valence-electron chi connectivity index (χ0n) is 6.14. The van der Waals surface area contributed by atoms with Crippen molar-refractivity contribution in [1.29, 1.82) is 0 Å². The van der Waals surface area contributed by atoms with Gasteiger partial charge in [-0.25, -0.2) is 0 Å². The van der Waals surface area contributed by atoms with Crippen LogP contribution < -0.4 is 5.32 Å². The molecule has 0 aromatic carbocycles. The van der Waals surface area contributed by atoms with Gasteiger partial charge in [0.15, 0.2) is 0 Å². The van der Waals surface area contributed by atoms with Crippen LogP contribution in [0.15, 0.2) is 24.5 Å². The Balaban J connectivity index is 2.56. The Bertz CT molecular complexity index is 335. The van der Waals surface area contributed by atoms with E-state index >= 15 is 0 Å². The number of anilines is 1. The zero-order chi connectivity index (χ0) is 9.03. The highest BCUT2D eigenvalue weighted by Gasteiger charge is 2.02. The van der Waals surface area contributed by atoms with E-state index in [1.165, 1.54) is 12.4 Å². The lowest BCUT2D eigenvalue weighted by Gasteiger charge is -2.01. The van der Waals surface area contributed by atoms with E-state index in [4.69, 9.17) is 4.55 Å². The molecule has 1 rings (SSSR count). The summed E-state index contributed by atoms with van der Waals surface area (Å²) in [4.78, 5) is 3.74. The minimum atomic E-state index is -3.95. The van der Waals surface area contributed by atoms with Crippen molar-refractivity contribution < 1.29 is 13.0 Å². The van der Waals surface area contributed by atoms with Crippen LogP contribution in [0.1, 0.15) is 0 Å². The predicted molar refractivity (Wildman–Crippen MR) is 44.3 cm³/mol. The first-order chi connectivity index (χ1) is 5.58. The molecule has 1 heterocycles. The van der Waals surface area contributed by atoms with Gasteiger partial charge in [-0.1, -0.05) is 0 Å². The molecule has 1 aromatic rings. The topological polar surface area (TPSA) is 79.3 Å². The molecule has 5 nitrogen and oxygen atoms in total. The van der Waals surface area contributed by atoms with Crippen LogP contribution in [0.3, 0.4) is 0 Å². The summed E-state index contributed by atoms with van der Waals surface area (Å²) in [6.45, 7) is 0. The maximum absolute atomic E-state index is 10.3. The summed E-state index contributed by atoms with van der Waals surface area (Å²) < 4.78 is 28.9. The summed E-state index contributed by atoms with van der Waals surface area (Å²) in [5.41, 5.74) is 0.600. The average molecular weight is 188 g/mol. The molecular weight excluding hydrogens is 180 g/mol. The molecule has 0 fully saturated rings. The largest absolute Gasteiger partial charge is 0.370 e. The first kappa shape index (κ1) is 8.95. The first-order valence-electron chi connectivity index (χ1n) is 3.17. The minimum Gasteiger partial charge on any atom is -0.370 e. The number of hydrogen-bond acceptors (Lipinski definition) is 4. The van der Waals surface area contributed by atoms with Crippen LogP contribution in [0.2, 0.25) is 0 Å². The lowest BCUT2D eigenvalue weighted by molar-refractivity contribution is 0.485. The van der Waals surface area contributed by atoms with E-state index in [1.807, 2.05) is 0 Å². The molecule has 12 heavy (non-hydrogen) atoms. The second-order valence-corrected chi connectivity index (χ2v) is 3.59. The van der Waals surface area contributed by atoms with Crippen LogP contribution >= 0.6 is 0 Å². The highest BCUT2D eigenvalue weighted by atomic mass is 32.2. The predicted octanol–water partition coefficient (Wildman–Crippen LogP) is 0.339. The molecule has 0 atom stereocenters. The third-order valence-electron chi connectivity index (χ3n) is 1.14. The first-order valence-corrected chi connectivity index (χ1v) is 4.78. The van der Waals surface area contributed by atoms with E-state index in [0.29, 0.717) is 5.69 Å². The van der Waals surface area contributed by atoms with E-state index in [9.17, 15) is 8.42 Å². The molecule has 0 bridgehead atoms. The van der Waals surface area contributed by atoms with Crippen molar-refractivity contribution in [2.45, 2.75) is 0 Å². The van der Waals surface area contributed by atoms with Gasteiger partial charge in [0.25, 0.3) is 10.1 Å². The second kappa shape index (κ2) is 3.51. The molecular formula is C6H8N2O3S. The summed E-state index contributed by atoms with van der Waals surface area (Å²) in [6, 6.07) is 3.20. The average Bonchev–Trinajstić information content (AvgIpc) is 2.02. The molecule has 0 aliphatic rings. The fourth-order valence-corrected chi connectivity index (χ4v) is 0.993. The van der Waals surface area contributed by atoms with Crippen molar-refractivity contribution in [1.82, 2.24) is 4.98 Å². The van der Waals surface area contributed by atoms with Crippen molar-refractivity contribution in [2.24, 2.45) is 0 Å². The molecule has 0 saturated carbocycles. The minimum absolute atomic E-state index is 0.489. The summed E-state index contributed by atoms with van der Waals surface area (Å²) in [5.74, 6) is -0.489. The van der Waals surface area contributed by atoms with Gasteiger partial charge in [-0.15, -0.1) is 0 Å². The number of hydrogen-bond donors (Lipinski definition) is 2. The number of nitrogens with one attached hydrogen (secondary N) is 1. The number of rotatable bonds is 3. The maximum Gasteiger partial charge on any atom is 0.283 e. The van der Waals surface area contributed by atoms with Gasteiger partial charge in [0.05, 0.1) is 0 Å². The molecule has 0 amide bonds. The second-order valence-electron chi connectivity index (χ2n) is 2.14. The zero-order valence-corrected chi connectivity index (χ0v) is 6.95. The van der Waals surface area contributed by atoms with Crippen LogP contribution in [0.4, 0.5) is 5.69 Å². The molecule has 0 spiro atoms. The molecule has 0 saturated heterocycles. The Labute approximate surface area is 70.2 Å². The van der Waals surface area contributed by atoms with Gasteiger partial charge in [-0.3, -0.25) is 9.54 Å². The van der Waals surface area contributed by atoms with Gasteiger partial charge in [-0.2, -0.15) is 8.42 Å². The summed E-state index contributed by atoms with van der Waals surface area (Å²) >= 11 is 0. The highest BCUT2D eigenvalue weighted by Crippen LogP contribution is 2.02. The molecule has 1 aromatic heterocycles. The van der Waals surface area contributed by atoms with E-state index in [1.54, 1.807) is 12.1 Å². The van der Waals surface area contributed by atoms with Crippen molar-refractivity contribution >= 4 is 15.8 Å². The third-order valence-corrected chi connectivity index (χ3v) is 1.65. The van der Waals surface area contributed by atoms with Gasteiger partial charge in [-0.05, 0) is 12.1 Å². The van der Waals surface area contributed by atoms with Crippen LogP contribution in [-0.4, -0.2) is 23.8 Å². The van der Waals surface area contributed by atoms with Crippen molar-refractivity contribution in [3.63, 3.8) is 0 Å². The monoisotopic (exact) mass is 188 g/mol. The Morgan fingerprint density at radius 1 is 1.42 bits per heavy atom. The van der Waals surface area contributed by atoms with E-state index in [2.05, 4.69) is 10.3 Å². The molecule has 0 radical (unpaired) electrons. The lowest BCUT2D eigenvalue weighted by atomic mass is 10.4. The summed E-state index contributed by atoms with van der Waals surface area (Å²) in [7, 11) is -3.95. The van der Waals surface area contributed by atoms with Crippen LogP contribution in [-0.2, 0) is 10.1 Å². The van der Waals surface area contributed by atoms with Crippen LogP contribution in [0, 0.1) is 0 Å². The van der Waals surface area contributed by atoms with Gasteiger partial charge in [0.2, 0.25) is 0 Å². The van der Waals surface area contributed by atoms with E-state index in [-0.39, 0.29) is 0 Å². The SMILES string of the molecule is O=S(=O)(O)CNc1ccncc1. The van der Waals surface area contributed by atoms with Crippen LogP contribution in [0.5, 0.6) is 0 Å². The van der Waals surface area contributed by atoms with Gasteiger partial charge >= 0.3 is 0 Å². The number of nitrogens with zero attached hydrogens (tertiary/aromatic N) is 1. The van der Waals surface area contributed by atoms with E-state index < -0.39 is 16.0 Å². The van der Waals surface area contributed by atoms with E-state index in [0.717, 1.165) is 0 Å². The van der Waals surface area contributed by atoms with Gasteiger partial charge in [0.1, 0.15) is 5.88 Å². The summed E-state index contributed by atoms with van der Waals surface area (Å²) in [5, 5.41) is 2.51. The molecule has 0 aliphatic heterocycles. The standard InChI is InChI=1S/C6H8N2O3S/c9-12(10,11)5-8-6-1-3-7-4-2-6/h1-4H,5H2,(H,7,8)(H,9,10,11). The van der Waals surface area contributed by atoms with Crippen molar-refractivity contribution in [3.8, 4) is 0 Å². The maximum atomic E-state index is 10.3. The van der Waals surface area contributed by atoms with Crippen molar-refractivity contribution in [2.75, 3.05) is 11.2 Å². The Morgan fingerprint density at radius 2 is 2.00 bits per heavy atom. The molecule has 6 heteroatoms. The quantitative estimate of drug-likeness (QED) is 0.668. The lowest BCUT2D eigenvalue weighted by Crippen LogP contribution is -2.12. The highest BCUT2D eigenvalue weighted by molar-refractivity contribution is 7.85. The molecule has 0 aliphatic carbocycles. The normalized spacial score (nSPS) is 11.1. The van der Waals surface area contributed by atoms with Crippen LogP contribution in [0.25, 0.3) is 0 Å². The fourth-order valence-electron chi connectivity index (χ4n) is 0.644. The van der Waals surface area contributed by atoms with Crippen molar-refractivity contribution in [3.05, 3.63) is 24.5 Å². The van der Waals surface area contributed by atoms with Gasteiger partial charge < -0.3 is 5.32 Å². The molecule has 66 valence electrons.